The monoisotopic (exact) mass is 336 g/mol. The topological polar surface area (TPSA) is 75.3 Å². The molecule has 1 spiro atoms. The lowest BCUT2D eigenvalue weighted by atomic mass is 9.91. The maximum atomic E-state index is 12.5. The van der Waals surface area contributed by atoms with Crippen molar-refractivity contribution in [1.29, 1.82) is 0 Å². The predicted octanol–water partition coefficient (Wildman–Crippen LogP) is 1.87. The normalized spacial score (nSPS) is 22.8. The summed E-state index contributed by atoms with van der Waals surface area (Å²) in [6, 6.07) is 5.45. The van der Waals surface area contributed by atoms with Crippen molar-refractivity contribution in [3.05, 3.63) is 29.3 Å². The van der Waals surface area contributed by atoms with Gasteiger partial charge in [0.2, 0.25) is 5.91 Å². The fourth-order valence-corrected chi connectivity index (χ4v) is 4.55. The van der Waals surface area contributed by atoms with Crippen LogP contribution in [0.1, 0.15) is 30.4 Å². The zero-order valence-electron chi connectivity index (χ0n) is 13.7. The number of amides is 1. The van der Waals surface area contributed by atoms with E-state index < -0.39 is 9.84 Å². The van der Waals surface area contributed by atoms with Crippen LogP contribution < -0.4 is 10.6 Å². The third-order valence-electron chi connectivity index (χ3n) is 5.23. The fraction of sp³-hybridized carbons (Fsp3) is 0.588. The second-order valence-corrected chi connectivity index (χ2v) is 9.16. The van der Waals surface area contributed by atoms with Crippen molar-refractivity contribution >= 4 is 21.4 Å². The minimum absolute atomic E-state index is 0.00157. The number of benzene rings is 1. The van der Waals surface area contributed by atoms with Gasteiger partial charge in [0.15, 0.2) is 9.84 Å². The van der Waals surface area contributed by atoms with E-state index in [1.54, 1.807) is 12.1 Å². The Morgan fingerprint density at radius 1 is 1.35 bits per heavy atom. The molecule has 1 aliphatic carbocycles. The van der Waals surface area contributed by atoms with Crippen molar-refractivity contribution in [3.8, 4) is 0 Å². The van der Waals surface area contributed by atoms with Gasteiger partial charge in [0, 0.05) is 17.9 Å². The fourth-order valence-electron chi connectivity index (χ4n) is 3.67. The summed E-state index contributed by atoms with van der Waals surface area (Å²) in [5.41, 5.74) is 2.52. The molecule has 0 aromatic heterocycles. The van der Waals surface area contributed by atoms with Crippen molar-refractivity contribution < 1.29 is 13.2 Å². The maximum Gasteiger partial charge on any atom is 0.228 e. The Morgan fingerprint density at radius 2 is 2.04 bits per heavy atom. The van der Waals surface area contributed by atoms with Crippen molar-refractivity contribution in [2.75, 3.05) is 24.7 Å². The van der Waals surface area contributed by atoms with Gasteiger partial charge in [-0.25, -0.2) is 8.42 Å². The van der Waals surface area contributed by atoms with Crippen LogP contribution in [0.5, 0.6) is 0 Å². The number of piperidine rings is 1. The maximum absolute atomic E-state index is 12.5. The van der Waals surface area contributed by atoms with Gasteiger partial charge in [0.25, 0.3) is 0 Å². The molecule has 1 unspecified atom stereocenters. The molecule has 6 heteroatoms. The second-order valence-electron chi connectivity index (χ2n) is 7.02. The van der Waals surface area contributed by atoms with Gasteiger partial charge in [0.05, 0.1) is 5.75 Å². The number of hydrogen-bond donors (Lipinski definition) is 2. The molecule has 1 aliphatic heterocycles. The number of carbonyl (C=O) groups excluding carboxylic acids is 1. The highest BCUT2D eigenvalue weighted by molar-refractivity contribution is 7.89. The van der Waals surface area contributed by atoms with Crippen LogP contribution in [0.15, 0.2) is 18.2 Å². The van der Waals surface area contributed by atoms with Gasteiger partial charge in [0.1, 0.15) is 0 Å². The van der Waals surface area contributed by atoms with Crippen LogP contribution in [0.25, 0.3) is 0 Å². The van der Waals surface area contributed by atoms with Gasteiger partial charge in [-0.15, -0.1) is 0 Å². The highest BCUT2D eigenvalue weighted by atomic mass is 32.2. The number of hydrogen-bond acceptors (Lipinski definition) is 4. The molecule has 1 saturated carbocycles. The quantitative estimate of drug-likeness (QED) is 0.880. The first-order chi connectivity index (χ1) is 10.8. The Kier molecular flexibility index (Phi) is 4.23. The van der Waals surface area contributed by atoms with Crippen LogP contribution in [0.2, 0.25) is 0 Å². The van der Waals surface area contributed by atoms with E-state index >= 15 is 0 Å². The largest absolute Gasteiger partial charge is 0.326 e. The van der Waals surface area contributed by atoms with E-state index in [2.05, 4.69) is 10.6 Å². The third kappa shape index (κ3) is 3.58. The second kappa shape index (κ2) is 5.91. The van der Waals surface area contributed by atoms with Crippen LogP contribution in [-0.4, -0.2) is 33.7 Å². The molecule has 2 aliphatic rings. The number of rotatable bonds is 4. The summed E-state index contributed by atoms with van der Waals surface area (Å²) < 4.78 is 23.0. The van der Waals surface area contributed by atoms with Gasteiger partial charge < -0.3 is 10.6 Å². The average Bonchev–Trinajstić information content (AvgIpc) is 3.16. The number of nitrogens with one attached hydrogen (secondary N) is 2. The molecule has 1 amide bonds. The zero-order chi connectivity index (χ0) is 16.7. The van der Waals surface area contributed by atoms with E-state index in [-0.39, 0.29) is 23.0 Å². The molecule has 0 radical (unpaired) electrons. The van der Waals surface area contributed by atoms with Crippen LogP contribution in [0.3, 0.4) is 0 Å². The van der Waals surface area contributed by atoms with Crippen LogP contribution in [0, 0.1) is 18.3 Å². The molecule has 3 rings (SSSR count). The summed E-state index contributed by atoms with van der Waals surface area (Å²) in [5, 5.41) is 6.35. The summed E-state index contributed by atoms with van der Waals surface area (Å²) in [6.07, 6.45) is 4.34. The molecule has 1 saturated heterocycles. The van der Waals surface area contributed by atoms with E-state index in [1.165, 1.54) is 6.26 Å². The molecule has 126 valence electrons. The SMILES string of the molecule is Cc1c(CS(C)(=O)=O)cccc1NC(=O)C1CC12CCNCC2. The molecule has 23 heavy (non-hydrogen) atoms. The van der Waals surface area contributed by atoms with Crippen molar-refractivity contribution in [3.63, 3.8) is 0 Å². The van der Waals surface area contributed by atoms with E-state index in [4.69, 9.17) is 0 Å². The standard InChI is InChI=1S/C17H24N2O3S/c1-12-13(11-23(2,21)22)4-3-5-15(12)19-16(20)14-10-17(14)6-8-18-9-7-17/h3-5,14,18H,6-11H2,1-2H3,(H,19,20). The molecule has 2 fully saturated rings. The third-order valence-corrected chi connectivity index (χ3v) is 6.06. The van der Waals surface area contributed by atoms with E-state index in [9.17, 15) is 13.2 Å². The number of carbonyl (C=O) groups is 1. The van der Waals surface area contributed by atoms with Crippen LogP contribution in [0.4, 0.5) is 5.69 Å². The molecule has 0 bridgehead atoms. The summed E-state index contributed by atoms with van der Waals surface area (Å²) in [4.78, 5) is 12.5. The molecular formula is C17H24N2O3S. The molecule has 1 aromatic rings. The summed E-state index contributed by atoms with van der Waals surface area (Å²) >= 11 is 0. The first-order valence-corrected chi connectivity index (χ1v) is 10.1. The molecular weight excluding hydrogens is 312 g/mol. The Hall–Kier alpha value is -1.40. The Morgan fingerprint density at radius 3 is 2.70 bits per heavy atom. The molecule has 5 nitrogen and oxygen atoms in total. The first-order valence-electron chi connectivity index (χ1n) is 8.09. The van der Waals surface area contributed by atoms with Gasteiger partial charge in [-0.05, 0) is 61.9 Å². The minimum atomic E-state index is -3.09. The van der Waals surface area contributed by atoms with Crippen molar-refractivity contribution in [2.45, 2.75) is 31.9 Å². The van der Waals surface area contributed by atoms with Crippen molar-refractivity contribution in [2.24, 2.45) is 11.3 Å². The van der Waals surface area contributed by atoms with Gasteiger partial charge >= 0.3 is 0 Å². The van der Waals surface area contributed by atoms with E-state index in [1.807, 2.05) is 13.0 Å². The average molecular weight is 336 g/mol. The zero-order valence-corrected chi connectivity index (χ0v) is 14.5. The van der Waals surface area contributed by atoms with Gasteiger partial charge in [-0.2, -0.15) is 0 Å². The highest BCUT2D eigenvalue weighted by Crippen LogP contribution is 2.58. The van der Waals surface area contributed by atoms with Crippen molar-refractivity contribution in [1.82, 2.24) is 5.32 Å². The van der Waals surface area contributed by atoms with E-state index in [0.29, 0.717) is 0 Å². The summed E-state index contributed by atoms with van der Waals surface area (Å²) in [6.45, 7) is 3.85. The number of sulfone groups is 1. The Balaban J connectivity index is 1.71. The smallest absolute Gasteiger partial charge is 0.228 e. The number of anilines is 1. The Labute approximate surface area is 137 Å². The molecule has 1 atom stereocenters. The van der Waals surface area contributed by atoms with Gasteiger partial charge in [-0.3, -0.25) is 4.79 Å². The lowest BCUT2D eigenvalue weighted by Gasteiger charge is -2.23. The highest BCUT2D eigenvalue weighted by Gasteiger charge is 2.57. The van der Waals surface area contributed by atoms with Crippen LogP contribution in [-0.2, 0) is 20.4 Å². The Bertz CT molecular complexity index is 721. The van der Waals surface area contributed by atoms with E-state index in [0.717, 1.165) is 49.2 Å². The lowest BCUT2D eigenvalue weighted by molar-refractivity contribution is -0.118. The van der Waals surface area contributed by atoms with Crippen LogP contribution >= 0.6 is 0 Å². The molecule has 2 N–H and O–H groups in total. The minimum Gasteiger partial charge on any atom is -0.326 e. The van der Waals surface area contributed by atoms with Gasteiger partial charge in [-0.1, -0.05) is 12.1 Å². The summed E-state index contributed by atoms with van der Waals surface area (Å²) in [5.74, 6) is 0.177. The summed E-state index contributed by atoms with van der Waals surface area (Å²) in [7, 11) is -3.09. The molecule has 1 heterocycles. The lowest BCUT2D eigenvalue weighted by Crippen LogP contribution is -2.31. The predicted molar refractivity (Wildman–Crippen MR) is 91.0 cm³/mol. The molecule has 1 aromatic carbocycles. The first kappa shape index (κ1) is 16.5.